The van der Waals surface area contributed by atoms with Gasteiger partial charge in [-0.05, 0) is 18.9 Å². The molecule has 3 aromatic rings. The summed E-state index contributed by atoms with van der Waals surface area (Å²) in [5.41, 5.74) is 0.703. The number of carbonyl (C=O) groups is 1. The third kappa shape index (κ3) is 3.34. The molecule has 3 aromatic heterocycles. The maximum absolute atomic E-state index is 12.3. The summed E-state index contributed by atoms with van der Waals surface area (Å²) >= 11 is 7.64. The minimum atomic E-state index is -0.209. The number of thiazole rings is 1. The Hall–Kier alpha value is -2.12. The summed E-state index contributed by atoms with van der Waals surface area (Å²) in [5.74, 6) is 0.528. The number of aromatic nitrogens is 4. The van der Waals surface area contributed by atoms with Crippen molar-refractivity contribution in [2.24, 2.45) is 0 Å². The third-order valence-electron chi connectivity index (χ3n) is 4.49. The molecular formula is C17H18ClN5OS. The van der Waals surface area contributed by atoms with E-state index < -0.39 is 0 Å². The van der Waals surface area contributed by atoms with Crippen LogP contribution >= 0.6 is 22.9 Å². The molecule has 25 heavy (non-hydrogen) atoms. The third-order valence-corrected chi connectivity index (χ3v) is 5.52. The predicted molar refractivity (Wildman–Crippen MR) is 100 cm³/mol. The highest BCUT2D eigenvalue weighted by atomic mass is 35.5. The smallest absolute Gasteiger partial charge is 0.249 e. The fraction of sp³-hybridized carbons (Fsp3) is 0.353. The van der Waals surface area contributed by atoms with E-state index in [1.165, 1.54) is 36.7 Å². The molecule has 0 atom stereocenters. The van der Waals surface area contributed by atoms with Crippen molar-refractivity contribution in [1.29, 1.82) is 0 Å². The van der Waals surface area contributed by atoms with E-state index in [1.54, 1.807) is 12.3 Å². The number of imidazole rings is 1. The van der Waals surface area contributed by atoms with Crippen LogP contribution in [0, 0.1) is 0 Å². The Morgan fingerprint density at radius 1 is 1.36 bits per heavy atom. The summed E-state index contributed by atoms with van der Waals surface area (Å²) in [4.78, 5) is 17.4. The Bertz CT molecular complexity index is 919. The molecule has 1 aliphatic carbocycles. The first-order valence-electron chi connectivity index (χ1n) is 8.36. The number of anilines is 1. The molecule has 3 heterocycles. The summed E-state index contributed by atoms with van der Waals surface area (Å²) < 4.78 is 3.80. The molecule has 1 fully saturated rings. The maximum atomic E-state index is 12.3. The first-order valence-corrected chi connectivity index (χ1v) is 9.62. The average molecular weight is 376 g/mol. The molecule has 130 valence electrons. The summed E-state index contributed by atoms with van der Waals surface area (Å²) in [6.07, 6.45) is 12.7. The standard InChI is InChI=1S/C17H18ClN5OS/c18-16-13(22-10-11-25-17(22)21-16)6-7-15(24)20-14-8-9-19-23(14)12-4-2-1-3-5-12/h6-12H,1-5H2,(H,20,24). The van der Waals surface area contributed by atoms with E-state index in [1.807, 2.05) is 26.7 Å². The first kappa shape index (κ1) is 16.4. The van der Waals surface area contributed by atoms with Crippen LogP contribution in [0.1, 0.15) is 43.8 Å². The normalized spacial score (nSPS) is 16.0. The zero-order valence-corrected chi connectivity index (χ0v) is 15.1. The Labute approximate surface area is 154 Å². The van der Waals surface area contributed by atoms with Gasteiger partial charge in [0.05, 0.1) is 17.9 Å². The monoisotopic (exact) mass is 375 g/mol. The quantitative estimate of drug-likeness (QED) is 0.687. The van der Waals surface area contributed by atoms with Crippen molar-refractivity contribution in [1.82, 2.24) is 19.2 Å². The number of amides is 1. The zero-order valence-electron chi connectivity index (χ0n) is 13.6. The van der Waals surface area contributed by atoms with Crippen LogP contribution in [0.4, 0.5) is 5.82 Å². The topological polar surface area (TPSA) is 64.2 Å². The number of nitrogens with one attached hydrogen (secondary N) is 1. The Morgan fingerprint density at radius 2 is 2.20 bits per heavy atom. The predicted octanol–water partition coefficient (Wildman–Crippen LogP) is 4.40. The van der Waals surface area contributed by atoms with Crippen LogP contribution in [0.3, 0.4) is 0 Å². The molecule has 1 amide bonds. The van der Waals surface area contributed by atoms with Crippen molar-refractivity contribution in [3.63, 3.8) is 0 Å². The van der Waals surface area contributed by atoms with Gasteiger partial charge < -0.3 is 5.32 Å². The van der Waals surface area contributed by atoms with Crippen molar-refractivity contribution in [3.05, 3.63) is 40.8 Å². The van der Waals surface area contributed by atoms with Gasteiger partial charge in [-0.1, -0.05) is 30.9 Å². The summed E-state index contributed by atoms with van der Waals surface area (Å²) in [5, 5.41) is 9.63. The maximum Gasteiger partial charge on any atom is 0.249 e. The van der Waals surface area contributed by atoms with Crippen molar-refractivity contribution < 1.29 is 4.79 Å². The van der Waals surface area contributed by atoms with Crippen LogP contribution in [-0.2, 0) is 4.79 Å². The minimum Gasteiger partial charge on any atom is -0.307 e. The summed E-state index contributed by atoms with van der Waals surface area (Å²) in [7, 11) is 0. The fourth-order valence-corrected chi connectivity index (χ4v) is 4.28. The molecule has 0 spiro atoms. The largest absolute Gasteiger partial charge is 0.307 e. The molecule has 4 rings (SSSR count). The molecule has 0 bridgehead atoms. The van der Waals surface area contributed by atoms with E-state index in [-0.39, 0.29) is 5.91 Å². The second kappa shape index (κ2) is 7.01. The Kier molecular flexibility index (Phi) is 4.59. The number of fused-ring (bicyclic) bond motifs is 1. The van der Waals surface area contributed by atoms with Gasteiger partial charge in [-0.3, -0.25) is 9.20 Å². The first-order chi connectivity index (χ1) is 12.2. The highest BCUT2D eigenvalue weighted by Crippen LogP contribution is 2.30. The van der Waals surface area contributed by atoms with E-state index >= 15 is 0 Å². The number of rotatable bonds is 4. The molecule has 0 aromatic carbocycles. The van der Waals surface area contributed by atoms with E-state index in [9.17, 15) is 4.79 Å². The molecule has 8 heteroatoms. The van der Waals surface area contributed by atoms with Crippen molar-refractivity contribution in [2.45, 2.75) is 38.1 Å². The van der Waals surface area contributed by atoms with Gasteiger partial charge in [0.2, 0.25) is 5.91 Å². The molecule has 1 saturated carbocycles. The molecule has 1 aliphatic rings. The van der Waals surface area contributed by atoms with Gasteiger partial charge in [-0.25, -0.2) is 9.67 Å². The second-order valence-corrected chi connectivity index (χ2v) is 7.35. The lowest BCUT2D eigenvalue weighted by atomic mass is 9.96. The number of hydrogen-bond donors (Lipinski definition) is 1. The average Bonchev–Trinajstić information content (AvgIpc) is 3.31. The summed E-state index contributed by atoms with van der Waals surface area (Å²) in [6, 6.07) is 2.21. The lowest BCUT2D eigenvalue weighted by molar-refractivity contribution is -0.111. The SMILES string of the molecule is O=C(C=Cc1c(Cl)nc2sccn12)Nc1ccnn1C1CCCCC1. The molecule has 0 aliphatic heterocycles. The lowest BCUT2D eigenvalue weighted by Crippen LogP contribution is -2.19. The van der Waals surface area contributed by atoms with E-state index in [0.29, 0.717) is 16.9 Å². The van der Waals surface area contributed by atoms with Gasteiger partial charge in [0.15, 0.2) is 10.1 Å². The van der Waals surface area contributed by atoms with Gasteiger partial charge in [0.1, 0.15) is 5.82 Å². The van der Waals surface area contributed by atoms with Crippen molar-refractivity contribution >= 4 is 45.7 Å². The molecule has 0 unspecified atom stereocenters. The van der Waals surface area contributed by atoms with Crippen LogP contribution in [0.25, 0.3) is 11.0 Å². The number of carbonyl (C=O) groups excluding carboxylic acids is 1. The van der Waals surface area contributed by atoms with Crippen LogP contribution in [-0.4, -0.2) is 25.1 Å². The van der Waals surface area contributed by atoms with E-state index in [2.05, 4.69) is 15.4 Å². The zero-order chi connectivity index (χ0) is 17.2. The van der Waals surface area contributed by atoms with E-state index in [0.717, 1.165) is 23.6 Å². The highest BCUT2D eigenvalue weighted by molar-refractivity contribution is 7.15. The fourth-order valence-electron chi connectivity index (χ4n) is 3.28. The van der Waals surface area contributed by atoms with Gasteiger partial charge in [0, 0.05) is 23.7 Å². The van der Waals surface area contributed by atoms with E-state index in [4.69, 9.17) is 11.6 Å². The number of halogens is 1. The molecule has 0 radical (unpaired) electrons. The van der Waals surface area contributed by atoms with Crippen LogP contribution in [0.15, 0.2) is 29.9 Å². The second-order valence-electron chi connectivity index (χ2n) is 6.12. The van der Waals surface area contributed by atoms with Crippen LogP contribution in [0.5, 0.6) is 0 Å². The van der Waals surface area contributed by atoms with Gasteiger partial charge in [-0.15, -0.1) is 11.3 Å². The molecule has 0 saturated heterocycles. The summed E-state index contributed by atoms with van der Waals surface area (Å²) in [6.45, 7) is 0. The van der Waals surface area contributed by atoms with Crippen molar-refractivity contribution in [2.75, 3.05) is 5.32 Å². The Balaban J connectivity index is 1.48. The highest BCUT2D eigenvalue weighted by Gasteiger charge is 2.18. The van der Waals surface area contributed by atoms with Gasteiger partial charge >= 0.3 is 0 Å². The number of nitrogens with zero attached hydrogens (tertiary/aromatic N) is 4. The van der Waals surface area contributed by atoms with Gasteiger partial charge in [-0.2, -0.15) is 5.10 Å². The lowest BCUT2D eigenvalue weighted by Gasteiger charge is -2.23. The Morgan fingerprint density at radius 3 is 3.04 bits per heavy atom. The molecule has 1 N–H and O–H groups in total. The van der Waals surface area contributed by atoms with Gasteiger partial charge in [0.25, 0.3) is 0 Å². The van der Waals surface area contributed by atoms with Crippen LogP contribution < -0.4 is 5.32 Å². The number of hydrogen-bond acceptors (Lipinski definition) is 4. The van der Waals surface area contributed by atoms with Crippen molar-refractivity contribution in [3.8, 4) is 0 Å². The van der Waals surface area contributed by atoms with Crippen LogP contribution in [0.2, 0.25) is 5.15 Å². The minimum absolute atomic E-state index is 0.209. The molecular weight excluding hydrogens is 358 g/mol. The molecule has 6 nitrogen and oxygen atoms in total.